The lowest BCUT2D eigenvalue weighted by Crippen LogP contribution is -2.44. The topological polar surface area (TPSA) is 46.5 Å². The molecule has 5 nitrogen and oxygen atoms in total. The zero-order chi connectivity index (χ0) is 22.1. The lowest BCUT2D eigenvalue weighted by molar-refractivity contribution is -0.0764. The Hall–Kier alpha value is -2.70. The largest absolute Gasteiger partial charge is 0.370 e. The number of halogens is 1. The van der Waals surface area contributed by atoms with Crippen molar-refractivity contribution in [3.63, 3.8) is 0 Å². The molecule has 3 aromatic rings. The molecule has 168 valence electrons. The van der Waals surface area contributed by atoms with Gasteiger partial charge in [0.15, 0.2) is 0 Å². The number of carbonyl (C=O) groups is 1. The van der Waals surface area contributed by atoms with Crippen LogP contribution in [-0.2, 0) is 18.3 Å². The highest BCUT2D eigenvalue weighted by Crippen LogP contribution is 2.39. The first-order chi connectivity index (χ1) is 15.5. The van der Waals surface area contributed by atoms with E-state index >= 15 is 0 Å². The van der Waals surface area contributed by atoms with Gasteiger partial charge in [-0.05, 0) is 55.5 Å². The maximum Gasteiger partial charge on any atom is 0.251 e. The number of hydrogen-bond donors (Lipinski definition) is 1. The molecule has 3 heterocycles. The average molecular weight is 436 g/mol. The second kappa shape index (κ2) is 8.68. The normalized spacial score (nSPS) is 20.8. The number of ether oxygens (including phenoxy) is 1. The van der Waals surface area contributed by atoms with Crippen LogP contribution in [0.1, 0.15) is 41.6 Å². The number of nitrogens with zero attached hydrogens (tertiary/aromatic N) is 2. The Morgan fingerprint density at radius 3 is 2.78 bits per heavy atom. The Kier molecular flexibility index (Phi) is 5.74. The minimum Gasteiger partial charge on any atom is -0.370 e. The van der Waals surface area contributed by atoms with Crippen molar-refractivity contribution in [2.75, 3.05) is 19.6 Å². The molecule has 1 aromatic heterocycles. The molecule has 2 aliphatic rings. The van der Waals surface area contributed by atoms with E-state index in [1.165, 1.54) is 28.6 Å². The summed E-state index contributed by atoms with van der Waals surface area (Å²) in [7, 11) is 2.11. The number of rotatable bonds is 5. The first-order valence-corrected chi connectivity index (χ1v) is 11.5. The van der Waals surface area contributed by atoms with Crippen molar-refractivity contribution in [3.05, 3.63) is 71.7 Å². The van der Waals surface area contributed by atoms with Crippen LogP contribution in [-0.4, -0.2) is 46.7 Å². The number of likely N-dealkylation sites (tertiary alicyclic amines) is 1. The van der Waals surface area contributed by atoms with E-state index in [-0.39, 0.29) is 17.6 Å². The standard InChI is InChI=1S/C26H30FN3O2/c1-29-17-20(23-7-2-3-8-24(23)29)18-30-13-11-26(12-14-30)10-9-22(32-26)16-28-25(31)19-5-4-6-21(27)15-19/h2-8,15,17,22H,9-14,16,18H2,1H3,(H,28,31). The smallest absolute Gasteiger partial charge is 0.251 e. The molecule has 2 aromatic carbocycles. The summed E-state index contributed by atoms with van der Waals surface area (Å²) in [5.41, 5.74) is 2.94. The predicted molar refractivity (Wildman–Crippen MR) is 123 cm³/mol. The summed E-state index contributed by atoms with van der Waals surface area (Å²) in [6.07, 6.45) is 6.30. The zero-order valence-electron chi connectivity index (χ0n) is 18.5. The molecule has 1 atom stereocenters. The monoisotopic (exact) mass is 435 g/mol. The Morgan fingerprint density at radius 2 is 1.97 bits per heavy atom. The van der Waals surface area contributed by atoms with Gasteiger partial charge in [0.1, 0.15) is 5.82 Å². The number of nitrogens with one attached hydrogen (secondary N) is 1. The van der Waals surface area contributed by atoms with Crippen LogP contribution in [0.2, 0.25) is 0 Å². The Labute approximate surface area is 188 Å². The highest BCUT2D eigenvalue weighted by Gasteiger charge is 2.42. The third kappa shape index (κ3) is 4.30. The number of hydrogen-bond acceptors (Lipinski definition) is 3. The minimum absolute atomic E-state index is 0.0251. The number of amides is 1. The molecule has 2 aliphatic heterocycles. The molecule has 0 radical (unpaired) electrons. The lowest BCUT2D eigenvalue weighted by Gasteiger charge is -2.39. The number of aromatic nitrogens is 1. The summed E-state index contributed by atoms with van der Waals surface area (Å²) in [5, 5.41) is 4.24. The average Bonchev–Trinajstić information content (AvgIpc) is 3.35. The van der Waals surface area contributed by atoms with Crippen LogP contribution in [0.4, 0.5) is 4.39 Å². The summed E-state index contributed by atoms with van der Waals surface area (Å²) in [5.74, 6) is -0.650. The summed E-state index contributed by atoms with van der Waals surface area (Å²) in [6, 6.07) is 14.4. The first-order valence-electron chi connectivity index (χ1n) is 11.5. The number of aryl methyl sites for hydroxylation is 1. The van der Waals surface area contributed by atoms with E-state index in [2.05, 4.69) is 52.3 Å². The number of benzene rings is 2. The summed E-state index contributed by atoms with van der Waals surface area (Å²) >= 11 is 0. The molecule has 1 unspecified atom stereocenters. The third-order valence-corrected chi connectivity index (χ3v) is 7.06. The summed E-state index contributed by atoms with van der Waals surface area (Å²) in [6.45, 7) is 3.47. The Morgan fingerprint density at radius 1 is 1.16 bits per heavy atom. The second-order valence-electron chi connectivity index (χ2n) is 9.24. The van der Waals surface area contributed by atoms with Gasteiger partial charge < -0.3 is 14.6 Å². The van der Waals surface area contributed by atoms with Crippen molar-refractivity contribution in [3.8, 4) is 0 Å². The van der Waals surface area contributed by atoms with E-state index in [1.807, 2.05) is 0 Å². The molecule has 5 rings (SSSR count). The van der Waals surface area contributed by atoms with Crippen LogP contribution in [0.3, 0.4) is 0 Å². The SMILES string of the molecule is Cn1cc(CN2CCC3(CCC(CNC(=O)c4cccc(F)c4)O3)CC2)c2ccccc21. The van der Waals surface area contributed by atoms with Crippen LogP contribution in [0.15, 0.2) is 54.7 Å². The second-order valence-corrected chi connectivity index (χ2v) is 9.24. The van der Waals surface area contributed by atoms with E-state index < -0.39 is 5.82 Å². The number of fused-ring (bicyclic) bond motifs is 1. The molecule has 0 aliphatic carbocycles. The van der Waals surface area contributed by atoms with Crippen LogP contribution >= 0.6 is 0 Å². The molecule has 1 amide bonds. The highest BCUT2D eigenvalue weighted by molar-refractivity contribution is 5.94. The third-order valence-electron chi connectivity index (χ3n) is 7.06. The van der Waals surface area contributed by atoms with Gasteiger partial charge in [-0.3, -0.25) is 9.69 Å². The molecular weight excluding hydrogens is 405 g/mol. The maximum atomic E-state index is 13.3. The van der Waals surface area contributed by atoms with Crippen LogP contribution in [0.5, 0.6) is 0 Å². The quantitative estimate of drug-likeness (QED) is 0.651. The molecule has 2 saturated heterocycles. The van der Waals surface area contributed by atoms with E-state index in [9.17, 15) is 9.18 Å². The van der Waals surface area contributed by atoms with Gasteiger partial charge in [0, 0.05) is 55.9 Å². The first kappa shape index (κ1) is 21.2. The number of carbonyl (C=O) groups excluding carboxylic acids is 1. The molecule has 1 N–H and O–H groups in total. The van der Waals surface area contributed by atoms with Gasteiger partial charge in [0.05, 0.1) is 11.7 Å². The van der Waals surface area contributed by atoms with Gasteiger partial charge >= 0.3 is 0 Å². The molecule has 0 saturated carbocycles. The van der Waals surface area contributed by atoms with E-state index in [0.29, 0.717) is 12.1 Å². The van der Waals surface area contributed by atoms with Crippen molar-refractivity contribution in [2.45, 2.75) is 43.9 Å². The fourth-order valence-electron chi connectivity index (χ4n) is 5.26. The van der Waals surface area contributed by atoms with Gasteiger partial charge in [-0.2, -0.15) is 0 Å². The number of piperidine rings is 1. The summed E-state index contributed by atoms with van der Waals surface area (Å²) < 4.78 is 22.0. The van der Waals surface area contributed by atoms with Gasteiger partial charge in [-0.25, -0.2) is 4.39 Å². The molecule has 2 fully saturated rings. The number of para-hydroxylation sites is 1. The lowest BCUT2D eigenvalue weighted by atomic mass is 9.88. The van der Waals surface area contributed by atoms with Crippen molar-refractivity contribution in [1.82, 2.24) is 14.8 Å². The van der Waals surface area contributed by atoms with Crippen LogP contribution < -0.4 is 5.32 Å². The Bertz CT molecular complexity index is 1120. The van der Waals surface area contributed by atoms with Crippen molar-refractivity contribution < 1.29 is 13.9 Å². The van der Waals surface area contributed by atoms with Gasteiger partial charge in [-0.15, -0.1) is 0 Å². The highest BCUT2D eigenvalue weighted by atomic mass is 19.1. The molecule has 6 heteroatoms. The van der Waals surface area contributed by atoms with Crippen LogP contribution in [0.25, 0.3) is 10.9 Å². The fourth-order valence-corrected chi connectivity index (χ4v) is 5.26. The van der Waals surface area contributed by atoms with Crippen molar-refractivity contribution >= 4 is 16.8 Å². The molecule has 1 spiro atoms. The Balaban J connectivity index is 1.13. The van der Waals surface area contributed by atoms with E-state index in [4.69, 9.17) is 4.74 Å². The minimum atomic E-state index is -0.399. The molecular formula is C26H30FN3O2. The van der Waals surface area contributed by atoms with Gasteiger partial charge in [0.2, 0.25) is 0 Å². The molecule has 32 heavy (non-hydrogen) atoms. The van der Waals surface area contributed by atoms with Crippen LogP contribution in [0, 0.1) is 5.82 Å². The van der Waals surface area contributed by atoms with Crippen molar-refractivity contribution in [2.24, 2.45) is 7.05 Å². The fraction of sp³-hybridized carbons (Fsp3) is 0.423. The molecule has 0 bridgehead atoms. The summed E-state index contributed by atoms with van der Waals surface area (Å²) in [4.78, 5) is 14.8. The van der Waals surface area contributed by atoms with E-state index in [0.717, 1.165) is 45.3 Å². The van der Waals surface area contributed by atoms with Crippen molar-refractivity contribution in [1.29, 1.82) is 0 Å². The van der Waals surface area contributed by atoms with Gasteiger partial charge in [0.25, 0.3) is 5.91 Å². The van der Waals surface area contributed by atoms with Gasteiger partial charge in [-0.1, -0.05) is 24.3 Å². The predicted octanol–water partition coefficient (Wildman–Crippen LogP) is 4.26. The zero-order valence-corrected chi connectivity index (χ0v) is 18.5. The maximum absolute atomic E-state index is 13.3. The van der Waals surface area contributed by atoms with E-state index in [1.54, 1.807) is 12.1 Å².